The molecule has 1 aromatic carbocycles. The standard InChI is InChI=1S/C10H11N3O/c14-10-7-3-1-2-4-8(7)12-9-5-6-11-13(9)10/h1-4,9,11,14H,5-6H2. The van der Waals surface area contributed by atoms with Crippen molar-refractivity contribution in [1.29, 1.82) is 0 Å². The molecular weight excluding hydrogens is 178 g/mol. The number of rotatable bonds is 0. The molecule has 0 aromatic heterocycles. The van der Waals surface area contributed by atoms with E-state index in [1.807, 2.05) is 24.3 Å². The number of hydrogen-bond donors (Lipinski definition) is 2. The fraction of sp³-hybridized carbons (Fsp3) is 0.300. The lowest BCUT2D eigenvalue weighted by atomic mass is 10.2. The van der Waals surface area contributed by atoms with Gasteiger partial charge >= 0.3 is 0 Å². The third kappa shape index (κ3) is 0.943. The highest BCUT2D eigenvalue weighted by atomic mass is 16.3. The summed E-state index contributed by atoms with van der Waals surface area (Å²) in [7, 11) is 0. The van der Waals surface area contributed by atoms with Crippen LogP contribution in [0.1, 0.15) is 6.42 Å². The van der Waals surface area contributed by atoms with Crippen LogP contribution in [0.5, 0.6) is 0 Å². The second-order valence-corrected chi connectivity index (χ2v) is 3.52. The van der Waals surface area contributed by atoms with Crippen LogP contribution < -0.4 is 16.0 Å². The Labute approximate surface area is 81.2 Å². The third-order valence-electron chi connectivity index (χ3n) is 2.64. The summed E-state index contributed by atoms with van der Waals surface area (Å²) in [4.78, 5) is 4.54. The largest absolute Gasteiger partial charge is 0.493 e. The number of hydrazine groups is 1. The van der Waals surface area contributed by atoms with Crippen LogP contribution in [-0.2, 0) is 0 Å². The van der Waals surface area contributed by atoms with E-state index < -0.39 is 0 Å². The van der Waals surface area contributed by atoms with E-state index in [1.165, 1.54) is 0 Å². The van der Waals surface area contributed by atoms with E-state index >= 15 is 0 Å². The van der Waals surface area contributed by atoms with E-state index in [1.54, 1.807) is 5.01 Å². The average molecular weight is 189 g/mol. The van der Waals surface area contributed by atoms with Crippen LogP contribution in [0.25, 0.3) is 5.88 Å². The van der Waals surface area contributed by atoms with Crippen LogP contribution >= 0.6 is 0 Å². The summed E-state index contributed by atoms with van der Waals surface area (Å²) < 4.78 is 0. The summed E-state index contributed by atoms with van der Waals surface area (Å²) in [5, 5.41) is 13.4. The van der Waals surface area contributed by atoms with E-state index in [4.69, 9.17) is 0 Å². The van der Waals surface area contributed by atoms with Gasteiger partial charge in [0.15, 0.2) is 0 Å². The molecule has 2 heterocycles. The van der Waals surface area contributed by atoms with Gasteiger partial charge in [0.05, 0.1) is 10.6 Å². The molecule has 3 rings (SSSR count). The van der Waals surface area contributed by atoms with Gasteiger partial charge in [0.2, 0.25) is 5.88 Å². The van der Waals surface area contributed by atoms with Crippen molar-refractivity contribution in [3.8, 4) is 0 Å². The fourth-order valence-corrected chi connectivity index (χ4v) is 1.95. The Morgan fingerprint density at radius 2 is 2.29 bits per heavy atom. The predicted molar refractivity (Wildman–Crippen MR) is 51.5 cm³/mol. The zero-order valence-electron chi connectivity index (χ0n) is 7.64. The lowest BCUT2D eigenvalue weighted by Crippen LogP contribution is -2.46. The van der Waals surface area contributed by atoms with Crippen molar-refractivity contribution in [3.63, 3.8) is 0 Å². The Bertz CT molecular complexity index is 482. The molecule has 2 N–H and O–H groups in total. The number of aliphatic hydroxyl groups excluding tert-OH is 1. The van der Waals surface area contributed by atoms with Crippen molar-refractivity contribution in [2.45, 2.75) is 12.6 Å². The maximum Gasteiger partial charge on any atom is 0.213 e. The first-order chi connectivity index (χ1) is 6.86. The number of fused-ring (bicyclic) bond motifs is 2. The molecule has 1 saturated heterocycles. The van der Waals surface area contributed by atoms with Crippen LogP contribution in [0.4, 0.5) is 0 Å². The first-order valence-corrected chi connectivity index (χ1v) is 4.75. The van der Waals surface area contributed by atoms with Crippen LogP contribution in [0.15, 0.2) is 29.3 Å². The van der Waals surface area contributed by atoms with Crippen LogP contribution in [0.3, 0.4) is 0 Å². The number of nitrogens with zero attached hydrogens (tertiary/aromatic N) is 2. The third-order valence-corrected chi connectivity index (χ3v) is 2.64. The highest BCUT2D eigenvalue weighted by molar-refractivity contribution is 5.35. The normalized spacial score (nSPS) is 24.1. The topological polar surface area (TPSA) is 47.9 Å². The molecule has 4 heteroatoms. The van der Waals surface area contributed by atoms with E-state index in [0.717, 1.165) is 23.5 Å². The first kappa shape index (κ1) is 7.82. The van der Waals surface area contributed by atoms with Crippen molar-refractivity contribution in [1.82, 2.24) is 10.4 Å². The predicted octanol–water partition coefficient (Wildman–Crippen LogP) is -0.520. The lowest BCUT2D eigenvalue weighted by Gasteiger charge is -2.24. The van der Waals surface area contributed by atoms with Gasteiger partial charge < -0.3 is 5.11 Å². The molecule has 1 atom stereocenters. The Morgan fingerprint density at radius 3 is 3.21 bits per heavy atom. The molecule has 0 spiro atoms. The molecule has 0 amide bonds. The van der Waals surface area contributed by atoms with Crippen molar-refractivity contribution in [2.75, 3.05) is 6.54 Å². The maximum atomic E-state index is 9.95. The SMILES string of the molecule is OC1=c2ccccc2=NC2CCNN12. The van der Waals surface area contributed by atoms with Gasteiger partial charge in [0.25, 0.3) is 0 Å². The van der Waals surface area contributed by atoms with E-state index in [2.05, 4.69) is 10.4 Å². The summed E-state index contributed by atoms with van der Waals surface area (Å²) in [5.41, 5.74) is 3.10. The zero-order chi connectivity index (χ0) is 9.54. The number of hydrogen-bond acceptors (Lipinski definition) is 4. The Balaban J connectivity index is 2.32. The average Bonchev–Trinajstić information content (AvgIpc) is 2.66. The summed E-state index contributed by atoms with van der Waals surface area (Å²) in [5.74, 6) is 0.290. The maximum absolute atomic E-state index is 9.95. The number of para-hydroxylation sites is 1. The molecule has 1 unspecified atom stereocenters. The van der Waals surface area contributed by atoms with Crippen LogP contribution in [-0.4, -0.2) is 22.8 Å². The van der Waals surface area contributed by atoms with E-state index in [9.17, 15) is 5.11 Å². The number of aliphatic hydroxyl groups is 1. The van der Waals surface area contributed by atoms with Crippen molar-refractivity contribution < 1.29 is 5.11 Å². The summed E-state index contributed by atoms with van der Waals surface area (Å²) in [6.07, 6.45) is 1.00. The Hall–Kier alpha value is -1.55. The molecule has 4 nitrogen and oxygen atoms in total. The van der Waals surface area contributed by atoms with Gasteiger partial charge in [0, 0.05) is 13.0 Å². The smallest absolute Gasteiger partial charge is 0.213 e. The van der Waals surface area contributed by atoms with Crippen molar-refractivity contribution in [3.05, 3.63) is 34.8 Å². The minimum Gasteiger partial charge on any atom is -0.493 e. The van der Waals surface area contributed by atoms with Gasteiger partial charge in [0.1, 0.15) is 6.17 Å². The van der Waals surface area contributed by atoms with Gasteiger partial charge in [-0.2, -0.15) is 0 Å². The van der Waals surface area contributed by atoms with E-state index in [-0.39, 0.29) is 12.0 Å². The number of benzene rings is 1. The number of nitrogens with one attached hydrogen (secondary N) is 1. The van der Waals surface area contributed by atoms with Crippen molar-refractivity contribution >= 4 is 5.88 Å². The van der Waals surface area contributed by atoms with Gasteiger partial charge in [-0.3, -0.25) is 10.0 Å². The highest BCUT2D eigenvalue weighted by Crippen LogP contribution is 2.15. The van der Waals surface area contributed by atoms with Gasteiger partial charge in [-0.1, -0.05) is 12.1 Å². The molecular formula is C10H11N3O. The second-order valence-electron chi connectivity index (χ2n) is 3.52. The molecule has 0 aliphatic carbocycles. The minimum atomic E-state index is 0.0601. The molecule has 0 radical (unpaired) electrons. The molecule has 2 aliphatic heterocycles. The summed E-state index contributed by atoms with van der Waals surface area (Å²) in [6.45, 7) is 0.867. The highest BCUT2D eigenvalue weighted by Gasteiger charge is 2.28. The molecule has 0 bridgehead atoms. The molecule has 14 heavy (non-hydrogen) atoms. The lowest BCUT2D eigenvalue weighted by molar-refractivity contribution is 0.209. The summed E-state index contributed by atoms with van der Waals surface area (Å²) >= 11 is 0. The Morgan fingerprint density at radius 1 is 1.43 bits per heavy atom. The molecule has 0 saturated carbocycles. The molecule has 72 valence electrons. The van der Waals surface area contributed by atoms with Gasteiger partial charge in [-0.15, -0.1) is 0 Å². The van der Waals surface area contributed by atoms with Gasteiger partial charge in [-0.05, 0) is 12.1 Å². The Kier molecular flexibility index (Phi) is 1.52. The zero-order valence-corrected chi connectivity index (χ0v) is 7.64. The molecule has 1 aromatic rings. The van der Waals surface area contributed by atoms with Crippen molar-refractivity contribution in [2.24, 2.45) is 4.99 Å². The monoisotopic (exact) mass is 189 g/mol. The summed E-state index contributed by atoms with van der Waals surface area (Å²) in [6, 6.07) is 7.65. The van der Waals surface area contributed by atoms with E-state index in [0.29, 0.717) is 0 Å². The van der Waals surface area contributed by atoms with Crippen LogP contribution in [0.2, 0.25) is 0 Å². The molecule has 1 fully saturated rings. The van der Waals surface area contributed by atoms with Crippen LogP contribution in [0, 0.1) is 0 Å². The quantitative estimate of drug-likeness (QED) is 0.577. The minimum absolute atomic E-state index is 0.0601. The fourth-order valence-electron chi connectivity index (χ4n) is 1.95. The second kappa shape index (κ2) is 2.72. The first-order valence-electron chi connectivity index (χ1n) is 4.75. The van der Waals surface area contributed by atoms with Gasteiger partial charge in [-0.25, -0.2) is 5.43 Å². The molecule has 2 aliphatic rings.